The van der Waals surface area contributed by atoms with Crippen molar-refractivity contribution in [2.24, 2.45) is 0 Å². The number of benzene rings is 1. The third kappa shape index (κ3) is 2.05. The van der Waals surface area contributed by atoms with Crippen LogP contribution in [0.3, 0.4) is 0 Å². The van der Waals surface area contributed by atoms with Gasteiger partial charge in [0.15, 0.2) is 11.5 Å². The van der Waals surface area contributed by atoms with Crippen LogP contribution in [0.2, 0.25) is 0 Å². The third-order valence-corrected chi connectivity index (χ3v) is 2.04. The molecular formula is C10H8F2O4. The van der Waals surface area contributed by atoms with Crippen LogP contribution in [0.5, 0.6) is 11.5 Å². The van der Waals surface area contributed by atoms with Gasteiger partial charge in [-0.1, -0.05) is 6.07 Å². The Hall–Kier alpha value is -1.85. The van der Waals surface area contributed by atoms with Crippen LogP contribution in [0.4, 0.5) is 8.78 Å². The van der Waals surface area contributed by atoms with Gasteiger partial charge < -0.3 is 14.2 Å². The van der Waals surface area contributed by atoms with Gasteiger partial charge in [0.05, 0.1) is 13.5 Å². The van der Waals surface area contributed by atoms with E-state index < -0.39 is 12.3 Å². The van der Waals surface area contributed by atoms with Gasteiger partial charge in [-0.2, -0.15) is 0 Å². The SMILES string of the molecule is COC(=O)Cc1ccc2c(c1)OC(F)(F)O2. The van der Waals surface area contributed by atoms with Gasteiger partial charge in [0.2, 0.25) is 0 Å². The number of fused-ring (bicyclic) bond motifs is 1. The van der Waals surface area contributed by atoms with Crippen LogP contribution in [0, 0.1) is 0 Å². The van der Waals surface area contributed by atoms with E-state index in [0.29, 0.717) is 5.56 Å². The maximum atomic E-state index is 12.7. The van der Waals surface area contributed by atoms with Crippen molar-refractivity contribution in [3.05, 3.63) is 23.8 Å². The molecule has 6 heteroatoms. The lowest BCUT2D eigenvalue weighted by atomic mass is 10.1. The van der Waals surface area contributed by atoms with Crippen LogP contribution >= 0.6 is 0 Å². The highest BCUT2D eigenvalue weighted by Crippen LogP contribution is 2.41. The fourth-order valence-electron chi connectivity index (χ4n) is 1.34. The molecule has 1 aromatic rings. The van der Waals surface area contributed by atoms with Crippen LogP contribution in [-0.2, 0) is 16.0 Å². The molecule has 0 radical (unpaired) electrons. The number of hydrogen-bond donors (Lipinski definition) is 0. The van der Waals surface area contributed by atoms with Crippen molar-refractivity contribution < 1.29 is 27.8 Å². The van der Waals surface area contributed by atoms with Gasteiger partial charge in [0.25, 0.3) is 0 Å². The Bertz CT molecular complexity index is 431. The van der Waals surface area contributed by atoms with E-state index in [1.54, 1.807) is 0 Å². The van der Waals surface area contributed by atoms with Crippen LogP contribution in [0.1, 0.15) is 5.56 Å². The van der Waals surface area contributed by atoms with Crippen molar-refractivity contribution in [3.8, 4) is 11.5 Å². The Kier molecular flexibility index (Phi) is 2.41. The number of ether oxygens (including phenoxy) is 3. The summed E-state index contributed by atoms with van der Waals surface area (Å²) in [7, 11) is 1.25. The van der Waals surface area contributed by atoms with Gasteiger partial charge in [-0.3, -0.25) is 4.79 Å². The van der Waals surface area contributed by atoms with Crippen molar-refractivity contribution in [3.63, 3.8) is 0 Å². The van der Waals surface area contributed by atoms with E-state index in [1.165, 1.54) is 25.3 Å². The molecule has 1 aliphatic heterocycles. The summed E-state index contributed by atoms with van der Waals surface area (Å²) in [5, 5.41) is 0. The molecule has 1 heterocycles. The Balaban J connectivity index is 2.19. The molecule has 4 nitrogen and oxygen atoms in total. The van der Waals surface area contributed by atoms with Crippen molar-refractivity contribution in [2.75, 3.05) is 7.11 Å². The van der Waals surface area contributed by atoms with E-state index in [-0.39, 0.29) is 17.9 Å². The molecular weight excluding hydrogens is 222 g/mol. The Morgan fingerprint density at radius 3 is 2.75 bits per heavy atom. The monoisotopic (exact) mass is 230 g/mol. The number of carbonyl (C=O) groups is 1. The van der Waals surface area contributed by atoms with E-state index in [9.17, 15) is 13.6 Å². The smallest absolute Gasteiger partial charge is 0.469 e. The van der Waals surface area contributed by atoms with Gasteiger partial charge in [0.1, 0.15) is 0 Å². The summed E-state index contributed by atoms with van der Waals surface area (Å²) >= 11 is 0. The first kappa shape index (κ1) is 10.7. The minimum Gasteiger partial charge on any atom is -0.469 e. The minimum absolute atomic E-state index is 0.00128. The molecule has 0 N–H and O–H groups in total. The van der Waals surface area contributed by atoms with E-state index in [0.717, 1.165) is 0 Å². The fourth-order valence-corrected chi connectivity index (χ4v) is 1.34. The lowest BCUT2D eigenvalue weighted by Gasteiger charge is -2.04. The molecule has 16 heavy (non-hydrogen) atoms. The highest BCUT2D eigenvalue weighted by Gasteiger charge is 2.43. The summed E-state index contributed by atoms with van der Waals surface area (Å²) < 4.78 is 38.2. The van der Waals surface area contributed by atoms with Crippen LogP contribution in [-0.4, -0.2) is 19.4 Å². The molecule has 0 atom stereocenters. The maximum Gasteiger partial charge on any atom is 0.586 e. The molecule has 1 aliphatic rings. The Morgan fingerprint density at radius 2 is 2.06 bits per heavy atom. The molecule has 0 amide bonds. The van der Waals surface area contributed by atoms with Crippen molar-refractivity contribution in [1.82, 2.24) is 0 Å². The molecule has 86 valence electrons. The van der Waals surface area contributed by atoms with E-state index in [1.807, 2.05) is 0 Å². The Labute approximate surface area is 89.7 Å². The number of carbonyl (C=O) groups excluding carboxylic acids is 1. The van der Waals surface area contributed by atoms with Gasteiger partial charge in [-0.25, -0.2) is 0 Å². The molecule has 0 spiro atoms. The van der Waals surface area contributed by atoms with Gasteiger partial charge >= 0.3 is 12.3 Å². The standard InChI is InChI=1S/C10H8F2O4/c1-14-9(13)5-6-2-3-7-8(4-6)16-10(11,12)15-7/h2-4H,5H2,1H3. The highest BCUT2D eigenvalue weighted by atomic mass is 19.3. The second kappa shape index (κ2) is 3.62. The third-order valence-electron chi connectivity index (χ3n) is 2.04. The van der Waals surface area contributed by atoms with Crippen LogP contribution < -0.4 is 9.47 Å². The molecule has 0 unspecified atom stereocenters. The lowest BCUT2D eigenvalue weighted by molar-refractivity contribution is -0.286. The van der Waals surface area contributed by atoms with Crippen LogP contribution in [0.25, 0.3) is 0 Å². The number of rotatable bonds is 2. The lowest BCUT2D eigenvalue weighted by Crippen LogP contribution is -2.25. The van der Waals surface area contributed by atoms with E-state index in [4.69, 9.17) is 0 Å². The number of halogens is 2. The number of methoxy groups -OCH3 is 1. The number of alkyl halides is 2. The zero-order valence-corrected chi connectivity index (χ0v) is 8.33. The zero-order chi connectivity index (χ0) is 11.8. The topological polar surface area (TPSA) is 44.8 Å². The average Bonchev–Trinajstić information content (AvgIpc) is 2.51. The average molecular weight is 230 g/mol. The number of esters is 1. The van der Waals surface area contributed by atoms with E-state index >= 15 is 0 Å². The molecule has 2 rings (SSSR count). The highest BCUT2D eigenvalue weighted by molar-refractivity contribution is 5.72. The number of hydrogen-bond acceptors (Lipinski definition) is 4. The van der Waals surface area contributed by atoms with Crippen molar-refractivity contribution in [1.29, 1.82) is 0 Å². The van der Waals surface area contributed by atoms with Gasteiger partial charge in [0, 0.05) is 0 Å². The maximum absolute atomic E-state index is 12.7. The first-order valence-corrected chi connectivity index (χ1v) is 4.46. The second-order valence-corrected chi connectivity index (χ2v) is 3.20. The molecule has 0 fully saturated rings. The largest absolute Gasteiger partial charge is 0.586 e. The summed E-state index contributed by atoms with van der Waals surface area (Å²) in [6.07, 6.45) is -3.63. The minimum atomic E-state index is -3.63. The van der Waals surface area contributed by atoms with Crippen molar-refractivity contribution >= 4 is 5.97 Å². The predicted octanol–water partition coefficient (Wildman–Crippen LogP) is 1.72. The summed E-state index contributed by atoms with van der Waals surface area (Å²) in [6, 6.07) is 4.15. The molecule has 1 aromatic carbocycles. The second-order valence-electron chi connectivity index (χ2n) is 3.20. The molecule has 0 saturated heterocycles. The molecule has 0 aromatic heterocycles. The summed E-state index contributed by atoms with van der Waals surface area (Å²) in [6.45, 7) is 0. The Morgan fingerprint density at radius 1 is 1.38 bits per heavy atom. The van der Waals surface area contributed by atoms with E-state index in [2.05, 4.69) is 14.2 Å². The summed E-state index contributed by atoms with van der Waals surface area (Å²) in [5.41, 5.74) is 0.520. The first-order chi connectivity index (χ1) is 7.50. The quantitative estimate of drug-likeness (QED) is 0.725. The molecule has 0 saturated carbocycles. The van der Waals surface area contributed by atoms with Gasteiger partial charge in [-0.15, -0.1) is 8.78 Å². The van der Waals surface area contributed by atoms with Crippen molar-refractivity contribution in [2.45, 2.75) is 12.7 Å². The normalized spacial score (nSPS) is 15.9. The van der Waals surface area contributed by atoms with Crippen LogP contribution in [0.15, 0.2) is 18.2 Å². The molecule has 0 aliphatic carbocycles. The predicted molar refractivity (Wildman–Crippen MR) is 48.4 cm³/mol. The fraction of sp³-hybridized carbons (Fsp3) is 0.300. The molecule has 0 bridgehead atoms. The summed E-state index contributed by atoms with van der Waals surface area (Å²) in [5.74, 6) is -0.573. The van der Waals surface area contributed by atoms with Gasteiger partial charge in [-0.05, 0) is 17.7 Å². The first-order valence-electron chi connectivity index (χ1n) is 4.46. The zero-order valence-electron chi connectivity index (χ0n) is 8.33. The summed E-state index contributed by atoms with van der Waals surface area (Å²) in [4.78, 5) is 11.0.